The standard InChI is InChI=1S/C11H9O/c1-8-6-10(12)7-9-4-2-3-5-11(8)9/h2-6H,1,7H2. The van der Waals surface area contributed by atoms with Crippen molar-refractivity contribution in [2.24, 2.45) is 0 Å². The number of carbonyl (C=O) groups is 1. The monoisotopic (exact) mass is 157 g/mol. The second-order valence-electron chi connectivity index (χ2n) is 2.97. The quantitative estimate of drug-likeness (QED) is 0.563. The number of benzene rings is 1. The number of hydrogen-bond acceptors (Lipinski definition) is 1. The van der Waals surface area contributed by atoms with Crippen molar-refractivity contribution in [3.05, 3.63) is 48.4 Å². The molecule has 0 bridgehead atoms. The molecule has 1 aliphatic carbocycles. The maximum Gasteiger partial charge on any atom is 0.160 e. The third-order valence-corrected chi connectivity index (χ3v) is 2.06. The number of ketones is 1. The minimum absolute atomic E-state index is 0.152. The molecule has 0 aromatic heterocycles. The summed E-state index contributed by atoms with van der Waals surface area (Å²) in [6.07, 6.45) is 2.14. The molecule has 1 nitrogen and oxygen atoms in total. The summed E-state index contributed by atoms with van der Waals surface area (Å²) in [5.74, 6) is 0.152. The Morgan fingerprint density at radius 1 is 1.25 bits per heavy atom. The molecule has 0 saturated heterocycles. The van der Waals surface area contributed by atoms with E-state index in [2.05, 4.69) is 6.92 Å². The SMILES string of the molecule is [CH2]C1=CC(=O)Cc2ccccc21. The lowest BCUT2D eigenvalue weighted by Crippen LogP contribution is -2.07. The van der Waals surface area contributed by atoms with E-state index < -0.39 is 0 Å². The van der Waals surface area contributed by atoms with Crippen LogP contribution in [0.2, 0.25) is 0 Å². The first kappa shape index (κ1) is 7.29. The van der Waals surface area contributed by atoms with Crippen LogP contribution in [0.5, 0.6) is 0 Å². The first-order chi connectivity index (χ1) is 5.77. The number of rotatable bonds is 0. The lowest BCUT2D eigenvalue weighted by molar-refractivity contribution is -0.114. The molecule has 1 heteroatoms. The van der Waals surface area contributed by atoms with E-state index in [4.69, 9.17) is 0 Å². The number of allylic oxidation sites excluding steroid dienone is 2. The highest BCUT2D eigenvalue weighted by molar-refractivity contribution is 6.02. The molecule has 12 heavy (non-hydrogen) atoms. The molecule has 1 aromatic carbocycles. The molecule has 0 saturated carbocycles. The van der Waals surface area contributed by atoms with Crippen LogP contribution in [0.25, 0.3) is 5.57 Å². The Morgan fingerprint density at radius 2 is 2.00 bits per heavy atom. The average Bonchev–Trinajstić information content (AvgIpc) is 2.04. The predicted molar refractivity (Wildman–Crippen MR) is 48.5 cm³/mol. The van der Waals surface area contributed by atoms with E-state index in [9.17, 15) is 4.79 Å². The highest BCUT2D eigenvalue weighted by Gasteiger charge is 2.12. The molecule has 1 radical (unpaired) electrons. The number of fused-ring (bicyclic) bond motifs is 1. The van der Waals surface area contributed by atoms with E-state index in [0.29, 0.717) is 6.42 Å². The van der Waals surface area contributed by atoms with Crippen molar-refractivity contribution in [3.8, 4) is 0 Å². The van der Waals surface area contributed by atoms with Crippen molar-refractivity contribution in [3.63, 3.8) is 0 Å². The Hall–Kier alpha value is -1.37. The van der Waals surface area contributed by atoms with Gasteiger partial charge < -0.3 is 0 Å². The Balaban J connectivity index is 2.60. The van der Waals surface area contributed by atoms with Crippen LogP contribution in [-0.4, -0.2) is 5.78 Å². The smallest absolute Gasteiger partial charge is 0.160 e. The van der Waals surface area contributed by atoms with Gasteiger partial charge in [0.15, 0.2) is 5.78 Å². The van der Waals surface area contributed by atoms with Crippen molar-refractivity contribution in [1.29, 1.82) is 0 Å². The summed E-state index contributed by atoms with van der Waals surface area (Å²) in [6, 6.07) is 7.89. The van der Waals surface area contributed by atoms with Crippen molar-refractivity contribution in [2.75, 3.05) is 0 Å². The number of carbonyl (C=O) groups excluding carboxylic acids is 1. The normalized spacial score (nSPS) is 15.4. The largest absolute Gasteiger partial charge is 0.294 e. The van der Waals surface area contributed by atoms with Gasteiger partial charge in [-0.15, -0.1) is 0 Å². The Kier molecular flexibility index (Phi) is 1.58. The average molecular weight is 157 g/mol. The molecule has 0 heterocycles. The van der Waals surface area contributed by atoms with Crippen LogP contribution in [0, 0.1) is 6.92 Å². The minimum Gasteiger partial charge on any atom is -0.294 e. The molecular formula is C11H9O. The van der Waals surface area contributed by atoms with E-state index >= 15 is 0 Å². The van der Waals surface area contributed by atoms with Gasteiger partial charge in [0.2, 0.25) is 0 Å². The van der Waals surface area contributed by atoms with E-state index in [1.165, 1.54) is 0 Å². The summed E-state index contributed by atoms with van der Waals surface area (Å²) in [5, 5.41) is 0. The highest BCUT2D eigenvalue weighted by atomic mass is 16.1. The molecule has 0 N–H and O–H groups in total. The second kappa shape index (κ2) is 2.59. The van der Waals surface area contributed by atoms with Crippen LogP contribution in [0.4, 0.5) is 0 Å². The van der Waals surface area contributed by atoms with Crippen LogP contribution in [0.15, 0.2) is 30.3 Å². The Labute approximate surface area is 71.7 Å². The molecule has 2 rings (SSSR count). The lowest BCUT2D eigenvalue weighted by Gasteiger charge is -2.12. The minimum atomic E-state index is 0.152. The lowest BCUT2D eigenvalue weighted by atomic mass is 9.91. The summed E-state index contributed by atoms with van der Waals surface area (Å²) < 4.78 is 0. The molecule has 59 valence electrons. The van der Waals surface area contributed by atoms with Gasteiger partial charge in [-0.1, -0.05) is 24.3 Å². The van der Waals surface area contributed by atoms with Crippen LogP contribution < -0.4 is 0 Å². The Morgan fingerprint density at radius 3 is 2.83 bits per heavy atom. The molecule has 1 aliphatic rings. The molecule has 0 fully saturated rings. The predicted octanol–water partition coefficient (Wildman–Crippen LogP) is 2.03. The first-order valence-corrected chi connectivity index (χ1v) is 3.92. The van der Waals surface area contributed by atoms with E-state index in [-0.39, 0.29) is 5.78 Å². The van der Waals surface area contributed by atoms with Gasteiger partial charge in [0.05, 0.1) is 0 Å². The molecule has 0 amide bonds. The van der Waals surface area contributed by atoms with E-state index in [1.54, 1.807) is 6.08 Å². The fourth-order valence-corrected chi connectivity index (χ4v) is 1.50. The first-order valence-electron chi connectivity index (χ1n) is 3.92. The third-order valence-electron chi connectivity index (χ3n) is 2.06. The van der Waals surface area contributed by atoms with Crippen LogP contribution in [0.1, 0.15) is 11.1 Å². The summed E-state index contributed by atoms with van der Waals surface area (Å²) in [4.78, 5) is 11.1. The van der Waals surface area contributed by atoms with Crippen molar-refractivity contribution >= 4 is 11.4 Å². The van der Waals surface area contributed by atoms with Gasteiger partial charge in [0, 0.05) is 6.42 Å². The fourth-order valence-electron chi connectivity index (χ4n) is 1.50. The van der Waals surface area contributed by atoms with Gasteiger partial charge in [0.25, 0.3) is 0 Å². The summed E-state index contributed by atoms with van der Waals surface area (Å²) >= 11 is 0. The van der Waals surface area contributed by atoms with Crippen LogP contribution in [-0.2, 0) is 11.2 Å². The Bertz CT molecular complexity index is 361. The van der Waals surface area contributed by atoms with Gasteiger partial charge in [-0.05, 0) is 29.7 Å². The van der Waals surface area contributed by atoms with Crippen molar-refractivity contribution < 1.29 is 4.79 Å². The fraction of sp³-hybridized carbons (Fsp3) is 0.0909. The van der Waals surface area contributed by atoms with Crippen molar-refractivity contribution in [2.45, 2.75) is 6.42 Å². The third kappa shape index (κ3) is 1.07. The summed E-state index contributed by atoms with van der Waals surface area (Å²) in [6.45, 7) is 3.83. The maximum absolute atomic E-state index is 11.1. The van der Waals surface area contributed by atoms with Gasteiger partial charge in [0.1, 0.15) is 0 Å². The van der Waals surface area contributed by atoms with Gasteiger partial charge in [-0.2, -0.15) is 0 Å². The molecule has 0 aliphatic heterocycles. The highest BCUT2D eigenvalue weighted by Crippen LogP contribution is 2.23. The molecular weight excluding hydrogens is 148 g/mol. The van der Waals surface area contributed by atoms with E-state index in [1.807, 2.05) is 24.3 Å². The molecule has 0 atom stereocenters. The topological polar surface area (TPSA) is 17.1 Å². The molecule has 0 unspecified atom stereocenters. The van der Waals surface area contributed by atoms with E-state index in [0.717, 1.165) is 16.7 Å². The second-order valence-corrected chi connectivity index (χ2v) is 2.97. The van der Waals surface area contributed by atoms with Gasteiger partial charge in [-0.25, -0.2) is 0 Å². The van der Waals surface area contributed by atoms with Gasteiger partial charge >= 0.3 is 0 Å². The molecule has 1 aromatic rings. The maximum atomic E-state index is 11.1. The van der Waals surface area contributed by atoms with Crippen molar-refractivity contribution in [1.82, 2.24) is 0 Å². The zero-order valence-corrected chi connectivity index (χ0v) is 6.71. The zero-order valence-electron chi connectivity index (χ0n) is 6.71. The van der Waals surface area contributed by atoms with Crippen LogP contribution in [0.3, 0.4) is 0 Å². The molecule has 0 spiro atoms. The van der Waals surface area contributed by atoms with Crippen LogP contribution >= 0.6 is 0 Å². The van der Waals surface area contributed by atoms with Gasteiger partial charge in [-0.3, -0.25) is 4.79 Å². The zero-order chi connectivity index (χ0) is 8.55. The number of hydrogen-bond donors (Lipinski definition) is 0. The summed E-state index contributed by atoms with van der Waals surface area (Å²) in [5.41, 5.74) is 3.04. The summed E-state index contributed by atoms with van der Waals surface area (Å²) in [7, 11) is 0.